The summed E-state index contributed by atoms with van der Waals surface area (Å²) in [5.74, 6) is 0.247. The minimum atomic E-state index is -0.598. The molecule has 0 radical (unpaired) electrons. The number of nitrogens with zero attached hydrogens (tertiary/aromatic N) is 1. The fourth-order valence-corrected chi connectivity index (χ4v) is 4.09. The van der Waals surface area contributed by atoms with Crippen LogP contribution in [0.5, 0.6) is 17.2 Å². The van der Waals surface area contributed by atoms with Crippen molar-refractivity contribution < 1.29 is 23.4 Å². The lowest BCUT2D eigenvalue weighted by Crippen LogP contribution is -2.13. The minimum Gasteiger partial charge on any atom is -0.493 e. The summed E-state index contributed by atoms with van der Waals surface area (Å²) in [4.78, 5) is 12.8. The molecule has 0 unspecified atom stereocenters. The third-order valence-corrected chi connectivity index (χ3v) is 6.34. The highest BCUT2D eigenvalue weighted by Gasteiger charge is 2.15. The van der Waals surface area contributed by atoms with Crippen molar-refractivity contribution in [2.45, 2.75) is 13.2 Å². The molecule has 0 spiro atoms. The SMILES string of the molecule is COc1cc(/C=C(\C#N)C(=O)Nc2ccc(OCc3ccccc3Cl)cc2)cc(Cl)c1OCc1ccc(F)cc1. The number of benzene rings is 4. The van der Waals surface area contributed by atoms with E-state index in [0.717, 1.165) is 11.1 Å². The zero-order valence-corrected chi connectivity index (χ0v) is 22.8. The van der Waals surface area contributed by atoms with Gasteiger partial charge in [-0.1, -0.05) is 53.5 Å². The third-order valence-electron chi connectivity index (χ3n) is 5.69. The second-order valence-corrected chi connectivity index (χ2v) is 9.29. The van der Waals surface area contributed by atoms with Crippen molar-refractivity contribution in [3.8, 4) is 23.3 Å². The molecule has 4 aromatic carbocycles. The predicted molar refractivity (Wildman–Crippen MR) is 153 cm³/mol. The minimum absolute atomic E-state index is 0.140. The number of carbonyl (C=O) groups excluding carboxylic acids is 1. The highest BCUT2D eigenvalue weighted by Crippen LogP contribution is 2.37. The van der Waals surface area contributed by atoms with Crippen molar-refractivity contribution in [1.29, 1.82) is 5.26 Å². The third kappa shape index (κ3) is 7.54. The van der Waals surface area contributed by atoms with Crippen LogP contribution in [0.3, 0.4) is 0 Å². The van der Waals surface area contributed by atoms with Crippen LogP contribution in [-0.2, 0) is 18.0 Å². The highest BCUT2D eigenvalue weighted by atomic mass is 35.5. The molecule has 1 amide bonds. The number of rotatable bonds is 10. The average Bonchev–Trinajstić information content (AvgIpc) is 2.96. The van der Waals surface area contributed by atoms with Crippen LogP contribution in [0.2, 0.25) is 10.0 Å². The monoisotopic (exact) mass is 576 g/mol. The lowest BCUT2D eigenvalue weighted by molar-refractivity contribution is -0.112. The molecule has 0 fully saturated rings. The summed E-state index contributed by atoms with van der Waals surface area (Å²) >= 11 is 12.6. The van der Waals surface area contributed by atoms with Gasteiger partial charge in [0.1, 0.15) is 36.4 Å². The second kappa shape index (κ2) is 13.5. The van der Waals surface area contributed by atoms with E-state index < -0.39 is 5.91 Å². The topological polar surface area (TPSA) is 80.6 Å². The van der Waals surface area contributed by atoms with E-state index in [0.29, 0.717) is 34.4 Å². The number of nitriles is 1. The number of carbonyl (C=O) groups is 1. The molecule has 0 aromatic heterocycles. The molecule has 40 heavy (non-hydrogen) atoms. The number of methoxy groups -OCH3 is 1. The van der Waals surface area contributed by atoms with Crippen molar-refractivity contribution in [1.82, 2.24) is 0 Å². The van der Waals surface area contributed by atoms with E-state index in [2.05, 4.69) is 5.32 Å². The van der Waals surface area contributed by atoms with Crippen LogP contribution in [-0.4, -0.2) is 13.0 Å². The maximum atomic E-state index is 13.2. The maximum Gasteiger partial charge on any atom is 0.266 e. The van der Waals surface area contributed by atoms with Crippen molar-refractivity contribution in [3.63, 3.8) is 0 Å². The van der Waals surface area contributed by atoms with Gasteiger partial charge < -0.3 is 19.5 Å². The van der Waals surface area contributed by atoms with E-state index in [1.54, 1.807) is 54.6 Å². The van der Waals surface area contributed by atoms with E-state index in [9.17, 15) is 14.4 Å². The molecule has 1 N–H and O–H groups in total. The first-order chi connectivity index (χ1) is 19.4. The molecule has 0 aliphatic rings. The normalized spacial score (nSPS) is 10.9. The summed E-state index contributed by atoms with van der Waals surface area (Å²) in [6, 6.07) is 25.1. The summed E-state index contributed by atoms with van der Waals surface area (Å²) in [6.45, 7) is 0.440. The van der Waals surface area contributed by atoms with Gasteiger partial charge in [-0.15, -0.1) is 0 Å². The van der Waals surface area contributed by atoms with Gasteiger partial charge in [0.2, 0.25) is 0 Å². The van der Waals surface area contributed by atoms with E-state index in [4.69, 9.17) is 37.4 Å². The van der Waals surface area contributed by atoms with Gasteiger partial charge in [-0.2, -0.15) is 5.26 Å². The molecule has 0 aliphatic carbocycles. The number of amides is 1. The second-order valence-electron chi connectivity index (χ2n) is 8.48. The quantitative estimate of drug-likeness (QED) is 0.153. The summed E-state index contributed by atoms with van der Waals surface area (Å²) in [6.07, 6.45) is 1.40. The molecule has 0 saturated carbocycles. The average molecular weight is 577 g/mol. The largest absolute Gasteiger partial charge is 0.493 e. The molecule has 4 rings (SSSR count). The number of ether oxygens (including phenoxy) is 3. The number of halogens is 3. The number of hydrogen-bond donors (Lipinski definition) is 1. The zero-order valence-electron chi connectivity index (χ0n) is 21.3. The van der Waals surface area contributed by atoms with E-state index in [1.165, 1.54) is 25.3 Å². The van der Waals surface area contributed by atoms with E-state index in [-0.39, 0.29) is 28.8 Å². The van der Waals surface area contributed by atoms with Crippen molar-refractivity contribution in [2.24, 2.45) is 0 Å². The first-order valence-electron chi connectivity index (χ1n) is 12.0. The molecule has 9 heteroatoms. The molecule has 0 saturated heterocycles. The smallest absolute Gasteiger partial charge is 0.266 e. The standard InChI is InChI=1S/C31H23Cl2FN2O4/c1-38-29-16-21(15-28(33)30(29)40-18-20-6-8-24(34)9-7-20)14-23(17-35)31(37)36-25-10-12-26(13-11-25)39-19-22-4-2-3-5-27(22)32/h2-16H,18-19H2,1H3,(H,36,37)/b23-14+. The molecule has 0 atom stereocenters. The van der Waals surface area contributed by atoms with Crippen molar-refractivity contribution in [2.75, 3.05) is 12.4 Å². The maximum absolute atomic E-state index is 13.2. The van der Waals surface area contributed by atoms with Crippen molar-refractivity contribution in [3.05, 3.63) is 123 Å². The van der Waals surface area contributed by atoms with Gasteiger partial charge in [0.15, 0.2) is 11.5 Å². The molecule has 6 nitrogen and oxygen atoms in total. The van der Waals surface area contributed by atoms with Crippen LogP contribution in [0.1, 0.15) is 16.7 Å². The Bertz CT molecular complexity index is 1570. The first kappa shape index (κ1) is 28.5. The Labute approximate surface area is 241 Å². The Hall–Kier alpha value is -4.51. The summed E-state index contributed by atoms with van der Waals surface area (Å²) in [7, 11) is 1.45. The molecular formula is C31H23Cl2FN2O4. The molecular weight excluding hydrogens is 554 g/mol. The Morgan fingerprint density at radius 1 is 0.950 bits per heavy atom. The Morgan fingerprint density at radius 2 is 1.68 bits per heavy atom. The van der Waals surface area contributed by atoms with Crippen LogP contribution in [0.25, 0.3) is 6.08 Å². The van der Waals surface area contributed by atoms with Gasteiger partial charge in [0, 0.05) is 16.3 Å². The van der Waals surface area contributed by atoms with Crippen LogP contribution < -0.4 is 19.5 Å². The molecule has 0 heterocycles. The van der Waals surface area contributed by atoms with E-state index in [1.807, 2.05) is 24.3 Å². The van der Waals surface area contributed by atoms with Gasteiger partial charge in [-0.05, 0) is 71.8 Å². The Kier molecular flexibility index (Phi) is 9.63. The highest BCUT2D eigenvalue weighted by molar-refractivity contribution is 6.32. The number of nitrogens with one attached hydrogen (secondary N) is 1. The lowest BCUT2D eigenvalue weighted by atomic mass is 10.1. The molecule has 4 aromatic rings. The fourth-order valence-electron chi connectivity index (χ4n) is 3.62. The molecule has 202 valence electrons. The Morgan fingerprint density at radius 3 is 2.35 bits per heavy atom. The van der Waals surface area contributed by atoms with Crippen LogP contribution >= 0.6 is 23.2 Å². The molecule has 0 aliphatic heterocycles. The van der Waals surface area contributed by atoms with Gasteiger partial charge >= 0.3 is 0 Å². The zero-order chi connectivity index (χ0) is 28.5. The van der Waals surface area contributed by atoms with Crippen molar-refractivity contribution >= 4 is 40.9 Å². The summed E-state index contributed by atoms with van der Waals surface area (Å²) < 4.78 is 30.1. The first-order valence-corrected chi connectivity index (χ1v) is 12.8. The predicted octanol–water partition coefficient (Wildman–Crippen LogP) is 7.84. The summed E-state index contributed by atoms with van der Waals surface area (Å²) in [5.41, 5.74) is 2.40. The van der Waals surface area contributed by atoms with Crippen LogP contribution in [0.4, 0.5) is 10.1 Å². The van der Waals surface area contributed by atoms with E-state index >= 15 is 0 Å². The van der Waals surface area contributed by atoms with Crippen LogP contribution in [0, 0.1) is 17.1 Å². The number of hydrogen-bond acceptors (Lipinski definition) is 5. The fraction of sp³-hybridized carbons (Fsp3) is 0.0968. The Balaban J connectivity index is 1.42. The van der Waals surface area contributed by atoms with Crippen LogP contribution in [0.15, 0.2) is 90.5 Å². The van der Waals surface area contributed by atoms with Gasteiger partial charge in [-0.3, -0.25) is 4.79 Å². The summed E-state index contributed by atoms with van der Waals surface area (Å²) in [5, 5.41) is 13.2. The number of anilines is 1. The van der Waals surface area contributed by atoms with Gasteiger partial charge in [0.25, 0.3) is 5.91 Å². The molecule has 0 bridgehead atoms. The van der Waals surface area contributed by atoms with Gasteiger partial charge in [0.05, 0.1) is 12.1 Å². The lowest BCUT2D eigenvalue weighted by Gasteiger charge is -2.14. The van der Waals surface area contributed by atoms with Gasteiger partial charge in [-0.25, -0.2) is 4.39 Å².